The van der Waals surface area contributed by atoms with Gasteiger partial charge in [0.1, 0.15) is 60.9 Å². The van der Waals surface area contributed by atoms with Gasteiger partial charge in [0.15, 0.2) is 12.6 Å². The minimum absolute atomic E-state index is 0.0145. The highest BCUT2D eigenvalue weighted by Gasteiger charge is 2.22. The number of hydrogen-bond donors (Lipinski definition) is 1. The minimum atomic E-state index is -0.0145. The number of aldehydes is 2. The second-order valence-corrected chi connectivity index (χ2v) is 13.9. The van der Waals surface area contributed by atoms with E-state index in [9.17, 15) is 9.59 Å². The molecule has 0 bridgehead atoms. The first-order valence-corrected chi connectivity index (χ1v) is 18.0. The van der Waals surface area contributed by atoms with Crippen molar-refractivity contribution in [2.45, 2.75) is 67.4 Å². The third-order valence-electron chi connectivity index (χ3n) is 9.63. The molecule has 0 aliphatic carbocycles. The van der Waals surface area contributed by atoms with Gasteiger partial charge in [0.25, 0.3) is 0 Å². The number of nitrogens with one attached hydrogen (secondary N) is 1. The summed E-state index contributed by atoms with van der Waals surface area (Å²) < 4.78 is 29.7. The molecule has 0 fully saturated rings. The van der Waals surface area contributed by atoms with E-state index < -0.39 is 0 Å². The van der Waals surface area contributed by atoms with Gasteiger partial charge in [-0.15, -0.1) is 0 Å². The van der Waals surface area contributed by atoms with Gasteiger partial charge in [0, 0.05) is 17.7 Å². The van der Waals surface area contributed by atoms with Crippen LogP contribution in [0, 0.1) is 27.7 Å². The van der Waals surface area contributed by atoms with E-state index in [1.807, 2.05) is 58.9 Å². The Balaban J connectivity index is 1.17. The zero-order chi connectivity index (χ0) is 38.5. The Bertz CT molecular complexity index is 2230. The maximum absolute atomic E-state index is 11.8. The summed E-state index contributed by atoms with van der Waals surface area (Å²) in [4.78, 5) is 29.1. The molecule has 0 spiro atoms. The van der Waals surface area contributed by atoms with Crippen LogP contribution in [0.4, 0.5) is 0 Å². The maximum Gasteiger partial charge on any atom is 0.153 e. The number of nitrogens with zero attached hydrogens (tertiary/aromatic N) is 1. The topological polar surface area (TPSA) is 118 Å². The summed E-state index contributed by atoms with van der Waals surface area (Å²) in [6.07, 6.45) is 1.41. The molecule has 4 aromatic carbocycles. The Morgan fingerprint density at radius 1 is 0.704 bits per heavy atom. The summed E-state index contributed by atoms with van der Waals surface area (Å²) in [6, 6.07) is 18.5. The number of halogens is 2. The quantitative estimate of drug-likeness (QED) is 0.103. The number of rotatable bonds is 15. The molecule has 10 nitrogen and oxygen atoms in total. The molecule has 1 aromatic heterocycles. The average molecular weight is 772 g/mol. The van der Waals surface area contributed by atoms with Crippen molar-refractivity contribution >= 4 is 35.8 Å². The molecule has 1 aliphatic heterocycles. The highest BCUT2D eigenvalue weighted by atomic mass is 35.5. The van der Waals surface area contributed by atoms with Gasteiger partial charge in [0.05, 0.1) is 38.5 Å². The number of ether oxygens (including phenoxy) is 4. The maximum atomic E-state index is 11.8. The Hall–Kier alpha value is -5.29. The van der Waals surface area contributed by atoms with E-state index in [-0.39, 0.29) is 32.5 Å². The molecule has 280 valence electrons. The van der Waals surface area contributed by atoms with Crippen molar-refractivity contribution in [1.29, 1.82) is 0 Å². The monoisotopic (exact) mass is 770 g/mol. The van der Waals surface area contributed by atoms with Gasteiger partial charge in [-0.25, -0.2) is 0 Å². The van der Waals surface area contributed by atoms with E-state index in [0.717, 1.165) is 56.0 Å². The molecule has 5 aromatic rings. The van der Waals surface area contributed by atoms with Crippen LogP contribution in [0.1, 0.15) is 73.8 Å². The molecule has 0 saturated heterocycles. The number of hydrogen-bond acceptors (Lipinski definition) is 10. The molecule has 1 aliphatic rings. The Kier molecular flexibility index (Phi) is 12.0. The largest absolute Gasteiger partial charge is 0.488 e. The number of hydroxylamine groups is 1. The number of allylic oxidation sites excluding steroid dienone is 1. The molecular formula is C42H40Cl2N2O8. The summed E-state index contributed by atoms with van der Waals surface area (Å²) >= 11 is 13.1. The molecule has 1 unspecified atom stereocenters. The lowest BCUT2D eigenvalue weighted by Gasteiger charge is -2.18. The molecule has 0 radical (unpaired) electrons. The van der Waals surface area contributed by atoms with Crippen molar-refractivity contribution in [2.24, 2.45) is 0 Å². The minimum Gasteiger partial charge on any atom is -0.488 e. The van der Waals surface area contributed by atoms with Gasteiger partial charge in [-0.3, -0.25) is 9.59 Å². The standard InChI is InChI=1S/C42H40Cl2N2O8/c1-23-29(19-49-41-15-39(31(17-47)13-37(41)43)51-21-35-25(3)45-53-27(35)5)9-7-11-33(23)34-12-8-10-30(24(34)2)20-50-42-16-40(32(18-48)14-38(42)44)52-22-36-26(4)46-54-28(36)6/h7-18,25,45H,19-22H2,1-6H3. The van der Waals surface area contributed by atoms with Gasteiger partial charge in [-0.1, -0.05) is 64.8 Å². The first kappa shape index (κ1) is 38.4. The SMILES string of the molecule is CC1=C(COc2cc(OCc3cccc(-c4cccc(COc5cc(OCc6c(C)noc6C)c(C=O)cc5Cl)c4C)c3C)c(Cl)cc2C=O)C(C)NO1. The van der Waals surface area contributed by atoms with Crippen LogP contribution in [0.2, 0.25) is 10.0 Å². The molecule has 54 heavy (non-hydrogen) atoms. The second-order valence-electron chi connectivity index (χ2n) is 13.0. The van der Waals surface area contributed by atoms with Crippen LogP contribution >= 0.6 is 23.2 Å². The van der Waals surface area contributed by atoms with Crippen LogP contribution in [-0.2, 0) is 24.7 Å². The van der Waals surface area contributed by atoms with E-state index in [0.29, 0.717) is 62.5 Å². The van der Waals surface area contributed by atoms with Gasteiger partial charge < -0.3 is 28.3 Å². The lowest BCUT2D eigenvalue weighted by molar-refractivity contribution is 0.111. The first-order valence-electron chi connectivity index (χ1n) is 17.3. The van der Waals surface area contributed by atoms with Crippen molar-refractivity contribution in [3.8, 4) is 34.1 Å². The highest BCUT2D eigenvalue weighted by Crippen LogP contribution is 2.37. The van der Waals surface area contributed by atoms with Crippen LogP contribution in [0.5, 0.6) is 23.0 Å². The predicted molar refractivity (Wildman–Crippen MR) is 206 cm³/mol. The van der Waals surface area contributed by atoms with Gasteiger partial charge in [-0.05, 0) is 87.1 Å². The van der Waals surface area contributed by atoms with Gasteiger partial charge in [-0.2, -0.15) is 5.48 Å². The number of aromatic nitrogens is 1. The fraction of sp³-hybridized carbons (Fsp3) is 0.262. The first-order chi connectivity index (χ1) is 26.0. The third-order valence-corrected chi connectivity index (χ3v) is 10.2. The van der Waals surface area contributed by atoms with Crippen LogP contribution in [0.25, 0.3) is 11.1 Å². The molecule has 6 rings (SSSR count). The zero-order valence-electron chi connectivity index (χ0n) is 30.8. The fourth-order valence-corrected chi connectivity index (χ4v) is 6.64. The average Bonchev–Trinajstić information content (AvgIpc) is 3.66. The molecule has 1 atom stereocenters. The van der Waals surface area contributed by atoms with Crippen LogP contribution < -0.4 is 24.4 Å². The summed E-state index contributed by atoms with van der Waals surface area (Å²) in [7, 11) is 0. The molecule has 1 N–H and O–H groups in total. The Morgan fingerprint density at radius 3 is 1.65 bits per heavy atom. The van der Waals surface area contributed by atoms with E-state index >= 15 is 0 Å². The van der Waals surface area contributed by atoms with Crippen molar-refractivity contribution in [3.63, 3.8) is 0 Å². The van der Waals surface area contributed by atoms with Crippen molar-refractivity contribution < 1.29 is 37.9 Å². The number of aryl methyl sites for hydroxylation is 2. The third kappa shape index (κ3) is 8.26. The lowest BCUT2D eigenvalue weighted by atomic mass is 9.92. The number of carbonyl (C=O) groups excluding carboxylic acids is 2. The van der Waals surface area contributed by atoms with E-state index in [2.05, 4.69) is 29.7 Å². The van der Waals surface area contributed by atoms with E-state index in [1.54, 1.807) is 18.2 Å². The molecule has 0 saturated carbocycles. The van der Waals surface area contributed by atoms with Crippen LogP contribution in [0.3, 0.4) is 0 Å². The Morgan fingerprint density at radius 2 is 1.20 bits per heavy atom. The molecule has 0 amide bonds. The van der Waals surface area contributed by atoms with E-state index in [4.69, 9.17) is 51.5 Å². The molecule has 2 heterocycles. The van der Waals surface area contributed by atoms with Crippen molar-refractivity contribution in [1.82, 2.24) is 10.6 Å². The van der Waals surface area contributed by atoms with Gasteiger partial charge in [0.2, 0.25) is 0 Å². The second kappa shape index (κ2) is 16.8. The van der Waals surface area contributed by atoms with Crippen LogP contribution in [-0.4, -0.2) is 30.4 Å². The predicted octanol–water partition coefficient (Wildman–Crippen LogP) is 9.82. The Labute approximate surface area is 323 Å². The van der Waals surface area contributed by atoms with Gasteiger partial charge >= 0.3 is 0 Å². The summed E-state index contributed by atoms with van der Waals surface area (Å²) in [5.41, 5.74) is 12.1. The van der Waals surface area contributed by atoms with Crippen molar-refractivity contribution in [3.05, 3.63) is 132 Å². The van der Waals surface area contributed by atoms with Crippen LogP contribution in [0.15, 0.2) is 76.5 Å². The fourth-order valence-electron chi connectivity index (χ4n) is 6.19. The highest BCUT2D eigenvalue weighted by molar-refractivity contribution is 6.32. The zero-order valence-corrected chi connectivity index (χ0v) is 32.3. The lowest BCUT2D eigenvalue weighted by Crippen LogP contribution is -2.22. The molecular weight excluding hydrogens is 731 g/mol. The number of benzene rings is 4. The summed E-state index contributed by atoms with van der Waals surface area (Å²) in [6.45, 7) is 12.4. The van der Waals surface area contributed by atoms with E-state index in [1.165, 1.54) is 6.07 Å². The summed E-state index contributed by atoms with van der Waals surface area (Å²) in [5.74, 6) is 2.88. The normalized spacial score (nSPS) is 13.8. The smallest absolute Gasteiger partial charge is 0.153 e. The van der Waals surface area contributed by atoms with Crippen molar-refractivity contribution in [2.75, 3.05) is 6.61 Å². The number of carbonyl (C=O) groups is 2. The molecule has 12 heteroatoms. The summed E-state index contributed by atoms with van der Waals surface area (Å²) in [5, 5.41) is 4.56.